The molecule has 12 nitrogen and oxygen atoms in total. The van der Waals surface area contributed by atoms with Gasteiger partial charge in [0.05, 0.1) is 20.7 Å². The molecule has 66 heavy (non-hydrogen) atoms. The minimum absolute atomic E-state index is 0.00496. The van der Waals surface area contributed by atoms with E-state index in [0.717, 1.165) is 22.3 Å². The molecule has 8 rings (SSSR count). The van der Waals surface area contributed by atoms with Crippen LogP contribution >= 0.6 is 0 Å². The lowest BCUT2D eigenvalue weighted by Crippen LogP contribution is -2.25. The maximum atomic E-state index is 12.6. The van der Waals surface area contributed by atoms with Crippen LogP contribution in [0.4, 0.5) is 11.4 Å². The van der Waals surface area contributed by atoms with Crippen LogP contribution in [0.25, 0.3) is 67.5 Å². The highest BCUT2D eigenvalue weighted by Gasteiger charge is 2.28. The van der Waals surface area contributed by atoms with E-state index in [1.165, 1.54) is 24.3 Å². The van der Waals surface area contributed by atoms with E-state index in [1.807, 2.05) is 97.1 Å². The fourth-order valence-corrected chi connectivity index (χ4v) is 6.63. The third kappa shape index (κ3) is 10.5. The molecule has 0 N–H and O–H groups in total. The number of nitro groups is 2. The van der Waals surface area contributed by atoms with Crippen LogP contribution in [0.1, 0.15) is 41.5 Å². The average Bonchev–Trinajstić information content (AvgIpc) is 3.96. The lowest BCUT2D eigenvalue weighted by molar-refractivity contribution is -0.385. The summed E-state index contributed by atoms with van der Waals surface area (Å²) in [5.74, 6) is 2.47. The van der Waals surface area contributed by atoms with Gasteiger partial charge in [0.1, 0.15) is 34.5 Å². The van der Waals surface area contributed by atoms with Crippen molar-refractivity contribution in [3.05, 3.63) is 190 Å². The van der Waals surface area contributed by atoms with E-state index < -0.39 is 20.7 Å². The normalized spacial score (nSPS) is 11.2. The largest absolute Gasteiger partial charge is 0.455 e. The fourth-order valence-electron chi connectivity index (χ4n) is 6.63. The number of benzene rings is 6. The minimum Gasteiger partial charge on any atom is -0.455 e. The summed E-state index contributed by atoms with van der Waals surface area (Å²) in [5.41, 5.74) is 4.60. The Bertz CT molecular complexity index is 2800. The van der Waals surface area contributed by atoms with E-state index in [2.05, 4.69) is 0 Å². The van der Waals surface area contributed by atoms with E-state index in [4.69, 9.17) is 18.3 Å². The second kappa shape index (κ2) is 19.2. The van der Waals surface area contributed by atoms with Crippen molar-refractivity contribution in [2.24, 2.45) is 10.8 Å². The topological polar surface area (TPSA) is 165 Å². The van der Waals surface area contributed by atoms with Crippen molar-refractivity contribution in [2.45, 2.75) is 41.5 Å². The Morgan fingerprint density at radius 1 is 0.424 bits per heavy atom. The van der Waals surface area contributed by atoms with E-state index in [1.54, 1.807) is 90.1 Å². The van der Waals surface area contributed by atoms with Crippen LogP contribution in [0.5, 0.6) is 11.5 Å². The lowest BCUT2D eigenvalue weighted by Gasteiger charge is -2.18. The maximum Gasteiger partial charge on any atom is 0.316 e. The van der Waals surface area contributed by atoms with Gasteiger partial charge in [-0.05, 0) is 90.1 Å². The zero-order valence-electron chi connectivity index (χ0n) is 37.1. The second-order valence-electron chi connectivity index (χ2n) is 17.3. The van der Waals surface area contributed by atoms with Gasteiger partial charge in [-0.2, -0.15) is 0 Å². The Morgan fingerprint density at radius 2 is 0.742 bits per heavy atom. The fraction of sp³-hybridized carbons (Fsp3) is 0.148. The van der Waals surface area contributed by atoms with Gasteiger partial charge in [0, 0.05) is 68.8 Å². The number of rotatable bonds is 10. The van der Waals surface area contributed by atoms with E-state index in [9.17, 15) is 29.8 Å². The number of carbonyl (C=O) groups excluding carboxylic acids is 2. The molecular weight excluding hydrogens is 837 g/mol. The van der Waals surface area contributed by atoms with Crippen LogP contribution in [-0.4, -0.2) is 21.8 Å². The standard InChI is InChI=1S/2C27H23NO5/c2*1-27(2,3)26(29)33-23-12-8-7-11-21(23)22-17-24(18-9-5-4-6-10-18)32-25(22)19-13-15-20(16-14-19)28(30)31/h2*4-17H,1-3H3. The molecule has 6 aromatic carbocycles. The highest BCUT2D eigenvalue weighted by Crippen LogP contribution is 2.45. The number of esters is 2. The second-order valence-corrected chi connectivity index (χ2v) is 17.3. The van der Waals surface area contributed by atoms with Crippen LogP contribution in [-0.2, 0) is 9.59 Å². The Kier molecular flexibility index (Phi) is 13.2. The van der Waals surface area contributed by atoms with Gasteiger partial charge in [0.25, 0.3) is 11.4 Å². The summed E-state index contributed by atoms with van der Waals surface area (Å²) in [6.45, 7) is 10.8. The molecule has 0 aliphatic heterocycles. The van der Waals surface area contributed by atoms with Crippen molar-refractivity contribution in [3.8, 4) is 79.0 Å². The number of non-ortho nitro benzene ring substituents is 2. The zero-order chi connectivity index (χ0) is 47.2. The quantitative estimate of drug-likeness (QED) is 0.0558. The number of carbonyl (C=O) groups is 2. The summed E-state index contributed by atoms with van der Waals surface area (Å²) in [5, 5.41) is 22.2. The minimum atomic E-state index is -0.667. The first-order chi connectivity index (χ1) is 31.5. The molecule has 0 saturated heterocycles. The van der Waals surface area contributed by atoms with Crippen LogP contribution in [0, 0.1) is 31.1 Å². The number of para-hydroxylation sites is 2. The van der Waals surface area contributed by atoms with Gasteiger partial charge >= 0.3 is 11.9 Å². The number of nitrogens with zero attached hydrogens (tertiary/aromatic N) is 2. The number of hydrogen-bond acceptors (Lipinski definition) is 10. The SMILES string of the molecule is CC(C)(C)C(=O)Oc1ccccc1-c1cc(-c2ccccc2)oc1-c1ccc([N+](=O)[O-])cc1.CC(C)(C)C(=O)Oc1ccccc1-c1cc(-c2ccccc2)oc1-c1ccc([N+](=O)[O-])cc1. The molecule has 0 bridgehead atoms. The third-order valence-corrected chi connectivity index (χ3v) is 10.2. The van der Waals surface area contributed by atoms with Crippen molar-refractivity contribution in [1.29, 1.82) is 0 Å². The Balaban J connectivity index is 0.000000196. The molecule has 332 valence electrons. The van der Waals surface area contributed by atoms with Crippen molar-refractivity contribution in [1.82, 2.24) is 0 Å². The number of hydrogen-bond donors (Lipinski definition) is 0. The number of ether oxygens (including phenoxy) is 2. The molecule has 0 atom stereocenters. The van der Waals surface area contributed by atoms with Gasteiger partial charge < -0.3 is 18.3 Å². The molecule has 0 unspecified atom stereocenters. The van der Waals surface area contributed by atoms with Gasteiger partial charge in [-0.15, -0.1) is 0 Å². The summed E-state index contributed by atoms with van der Waals surface area (Å²) in [6, 6.07) is 50.0. The van der Waals surface area contributed by atoms with Crippen molar-refractivity contribution in [2.75, 3.05) is 0 Å². The summed E-state index contributed by atoms with van der Waals surface area (Å²) in [4.78, 5) is 46.5. The molecular formula is C54H46N2O10. The van der Waals surface area contributed by atoms with Gasteiger partial charge in [0.15, 0.2) is 0 Å². The molecule has 0 aliphatic rings. The Morgan fingerprint density at radius 3 is 1.06 bits per heavy atom. The predicted molar refractivity (Wildman–Crippen MR) is 254 cm³/mol. The summed E-state index contributed by atoms with van der Waals surface area (Å²) in [7, 11) is 0. The van der Waals surface area contributed by atoms with Crippen molar-refractivity contribution in [3.63, 3.8) is 0 Å². The summed E-state index contributed by atoms with van der Waals surface area (Å²) in [6.07, 6.45) is 0. The van der Waals surface area contributed by atoms with Gasteiger partial charge in [-0.3, -0.25) is 29.8 Å². The van der Waals surface area contributed by atoms with E-state index >= 15 is 0 Å². The van der Waals surface area contributed by atoms with Crippen molar-refractivity contribution >= 4 is 23.3 Å². The predicted octanol–water partition coefficient (Wildman–Crippen LogP) is 14.3. The summed E-state index contributed by atoms with van der Waals surface area (Å²) >= 11 is 0. The smallest absolute Gasteiger partial charge is 0.316 e. The first kappa shape index (κ1) is 45.6. The zero-order valence-corrected chi connectivity index (χ0v) is 37.1. The molecule has 0 amide bonds. The molecule has 0 saturated carbocycles. The van der Waals surface area contributed by atoms with Crippen LogP contribution in [0.3, 0.4) is 0 Å². The first-order valence-corrected chi connectivity index (χ1v) is 21.0. The third-order valence-electron chi connectivity index (χ3n) is 10.2. The molecule has 2 aromatic heterocycles. The van der Waals surface area contributed by atoms with E-state index in [-0.39, 0.29) is 23.3 Å². The average molecular weight is 883 g/mol. The molecule has 0 aliphatic carbocycles. The summed E-state index contributed by atoms with van der Waals surface area (Å²) < 4.78 is 24.0. The highest BCUT2D eigenvalue weighted by atomic mass is 16.6. The molecule has 0 radical (unpaired) electrons. The van der Waals surface area contributed by atoms with Gasteiger partial charge in [0.2, 0.25) is 0 Å². The van der Waals surface area contributed by atoms with Gasteiger partial charge in [-0.1, -0.05) is 97.1 Å². The molecule has 2 heterocycles. The van der Waals surface area contributed by atoms with Crippen LogP contribution in [0.15, 0.2) is 179 Å². The van der Waals surface area contributed by atoms with Crippen LogP contribution in [0.2, 0.25) is 0 Å². The monoisotopic (exact) mass is 882 g/mol. The molecule has 8 aromatic rings. The lowest BCUT2D eigenvalue weighted by atomic mass is 9.97. The molecule has 12 heteroatoms. The maximum absolute atomic E-state index is 12.6. The van der Waals surface area contributed by atoms with E-state index in [0.29, 0.717) is 56.8 Å². The highest BCUT2D eigenvalue weighted by molar-refractivity contribution is 5.90. The Labute approximate surface area is 381 Å². The first-order valence-electron chi connectivity index (χ1n) is 21.0. The Hall–Kier alpha value is -8.38. The molecule has 0 fully saturated rings. The van der Waals surface area contributed by atoms with Crippen molar-refractivity contribution < 1.29 is 37.7 Å². The molecule has 0 spiro atoms. The number of nitro benzene ring substituents is 2. The van der Waals surface area contributed by atoms with Gasteiger partial charge in [-0.25, -0.2) is 0 Å². The number of furan rings is 2. The van der Waals surface area contributed by atoms with Crippen LogP contribution < -0.4 is 9.47 Å².